The van der Waals surface area contributed by atoms with E-state index in [4.69, 9.17) is 13.3 Å². The monoisotopic (exact) mass is 300 g/mol. The molecule has 0 rings (SSSR count). The first-order valence-electron chi connectivity index (χ1n) is 0.698. The van der Waals surface area contributed by atoms with Crippen LogP contribution in [0.5, 0.6) is 0 Å². The molecule has 0 aliphatic carbocycles. The van der Waals surface area contributed by atoms with E-state index in [0.717, 1.165) is 0 Å². The van der Waals surface area contributed by atoms with Crippen LogP contribution in [0.3, 0.4) is 0 Å². The fourth-order valence-corrected chi connectivity index (χ4v) is 0. The predicted molar refractivity (Wildman–Crippen MR) is 54.4 cm³/mol. The first-order valence-corrected chi connectivity index (χ1v) is 3.10. The Balaban J connectivity index is -0.00000000145. The van der Waals surface area contributed by atoms with Crippen molar-refractivity contribution < 1.29 is 93.6 Å². The second kappa shape index (κ2) is 60.3. The van der Waals surface area contributed by atoms with Gasteiger partial charge < -0.3 is 50.7 Å². The van der Waals surface area contributed by atoms with Crippen molar-refractivity contribution in [3.05, 3.63) is 0 Å². The summed E-state index contributed by atoms with van der Waals surface area (Å²) in [6.45, 7) is 0. The van der Waals surface area contributed by atoms with Gasteiger partial charge in [0, 0.05) is 11.2 Å². The van der Waals surface area contributed by atoms with Crippen molar-refractivity contribution in [2.75, 3.05) is 0 Å². The average Bonchev–Trinajstić information content (AvgIpc) is 0.722. The molecule has 0 bridgehead atoms. The molecular formula is H21NaO12S2. The van der Waals surface area contributed by atoms with Gasteiger partial charge in [0.1, 0.15) is 0 Å². The van der Waals surface area contributed by atoms with Crippen molar-refractivity contribution >= 4 is 20.2 Å². The maximum Gasteiger partial charge on any atom is 1.00 e. The number of hydrogen-bond donors (Lipinski definition) is 2. The standard InChI is InChI=1S/Na.H2O3S2.9H2O.H/c;1-5(2,3)4;;;;;;;;;;/h;(H2,1,2,3,4);9*1H2;/q+1;;;;;;;;;;;-1. The molecule has 15 heteroatoms. The summed E-state index contributed by atoms with van der Waals surface area (Å²) in [6.07, 6.45) is 0. The van der Waals surface area contributed by atoms with Gasteiger partial charge in [0.25, 0.3) is 9.05 Å². The van der Waals surface area contributed by atoms with Crippen molar-refractivity contribution in [2.24, 2.45) is 0 Å². The van der Waals surface area contributed by atoms with Crippen molar-refractivity contribution in [3.8, 4) is 0 Å². The van der Waals surface area contributed by atoms with Crippen molar-refractivity contribution in [2.45, 2.75) is 0 Å². The minimum absolute atomic E-state index is 0. The summed E-state index contributed by atoms with van der Waals surface area (Å²) in [6, 6.07) is 0. The first kappa shape index (κ1) is 146. The molecule has 0 saturated heterocycles. The summed E-state index contributed by atoms with van der Waals surface area (Å²) < 4.78 is 24.0. The van der Waals surface area contributed by atoms with Gasteiger partial charge >= 0.3 is 29.6 Å². The van der Waals surface area contributed by atoms with Gasteiger partial charge in [-0.3, -0.25) is 9.11 Å². The molecule has 0 saturated carbocycles. The Bertz CT molecular complexity index is 102. The van der Waals surface area contributed by atoms with Gasteiger partial charge in [-0.1, -0.05) is 0 Å². The van der Waals surface area contributed by atoms with Crippen LogP contribution in [0.1, 0.15) is 1.43 Å². The molecule has 0 fully saturated rings. The van der Waals surface area contributed by atoms with E-state index >= 15 is 0 Å². The molecule has 15 heavy (non-hydrogen) atoms. The van der Waals surface area contributed by atoms with Crippen LogP contribution in [-0.4, -0.2) is 62.6 Å². The van der Waals surface area contributed by atoms with Gasteiger partial charge in [-0.2, -0.15) is 4.21 Å². The summed E-state index contributed by atoms with van der Waals surface area (Å²) in [5, 5.41) is 0. The summed E-state index contributed by atoms with van der Waals surface area (Å²) in [5.41, 5.74) is 0. The quantitative estimate of drug-likeness (QED) is 0.410. The van der Waals surface area contributed by atoms with E-state index < -0.39 is 9.05 Å². The average molecular weight is 300 g/mol. The maximum absolute atomic E-state index is 9.11. The van der Waals surface area contributed by atoms with Crippen LogP contribution in [0.2, 0.25) is 0 Å². The topological polar surface area (TPSA) is 341 Å². The summed E-state index contributed by atoms with van der Waals surface area (Å²) in [5.74, 6) is 0. The Labute approximate surface area is 114 Å². The smallest absolute Gasteiger partial charge is 1.00 e. The molecule has 0 unspecified atom stereocenters. The number of rotatable bonds is 0. The third kappa shape index (κ3) is 2890. The van der Waals surface area contributed by atoms with Crippen LogP contribution >= 0.6 is 0 Å². The van der Waals surface area contributed by atoms with Gasteiger partial charge in [-0.05, 0) is 0 Å². The van der Waals surface area contributed by atoms with Crippen LogP contribution in [0, 0.1) is 0 Å². The van der Waals surface area contributed by atoms with Crippen LogP contribution in [-0.2, 0) is 20.2 Å². The van der Waals surface area contributed by atoms with Gasteiger partial charge in [0.05, 0.1) is 0 Å². The SMILES string of the molecule is O.O.O.O.O.O.O.O.O.O=S(O)(O)=S.[H-].[Na+]. The van der Waals surface area contributed by atoms with Crippen molar-refractivity contribution in [1.82, 2.24) is 0 Å². The fourth-order valence-electron chi connectivity index (χ4n) is 0. The summed E-state index contributed by atoms with van der Waals surface area (Å²) in [4.78, 5) is 0. The Morgan fingerprint density at radius 3 is 0.733 bits per heavy atom. The molecule has 20 N–H and O–H groups in total. The molecule has 0 spiro atoms. The van der Waals surface area contributed by atoms with Crippen LogP contribution in [0.15, 0.2) is 0 Å². The number of hydrogen-bond acceptors (Lipinski definition) is 2. The zero-order chi connectivity index (χ0) is 4.50. The predicted octanol–water partition coefficient (Wildman–Crippen LogP) is -10.6. The molecule has 0 aliphatic heterocycles. The van der Waals surface area contributed by atoms with Gasteiger partial charge in [-0.15, -0.1) is 0 Å². The fraction of sp³-hybridized carbons (Fsp3) is 0. The van der Waals surface area contributed by atoms with Crippen LogP contribution < -0.4 is 29.6 Å². The molecule has 0 amide bonds. The molecule has 0 heterocycles. The normalized spacial score (nSPS) is 3.87. The van der Waals surface area contributed by atoms with E-state index in [2.05, 4.69) is 11.2 Å². The zero-order valence-corrected chi connectivity index (χ0v) is 11.3. The molecule has 0 aromatic carbocycles. The second-order valence-electron chi connectivity index (χ2n) is 0.448. The Morgan fingerprint density at radius 2 is 0.733 bits per heavy atom. The minimum Gasteiger partial charge on any atom is -1.00 e. The molecule has 12 nitrogen and oxygen atoms in total. The third-order valence-corrected chi connectivity index (χ3v) is 0. The van der Waals surface area contributed by atoms with Crippen LogP contribution in [0.25, 0.3) is 0 Å². The van der Waals surface area contributed by atoms with E-state index in [1.54, 1.807) is 0 Å². The van der Waals surface area contributed by atoms with E-state index in [-0.39, 0.29) is 80.3 Å². The molecule has 0 atom stereocenters. The van der Waals surface area contributed by atoms with E-state index in [0.29, 0.717) is 0 Å². The largest absolute Gasteiger partial charge is 1.00 e. The van der Waals surface area contributed by atoms with E-state index in [9.17, 15) is 0 Å². The summed E-state index contributed by atoms with van der Waals surface area (Å²) in [7, 11) is -3.83. The van der Waals surface area contributed by atoms with Crippen molar-refractivity contribution in [3.63, 3.8) is 0 Å². The van der Waals surface area contributed by atoms with Gasteiger partial charge in [0.2, 0.25) is 0 Å². The summed E-state index contributed by atoms with van der Waals surface area (Å²) >= 11 is 3.47. The molecule has 0 radical (unpaired) electrons. The second-order valence-corrected chi connectivity index (χ2v) is 2.65. The first-order chi connectivity index (χ1) is 2.00. The zero-order valence-electron chi connectivity index (χ0n) is 8.62. The third-order valence-electron chi connectivity index (χ3n) is 0. The Hall–Kier alpha value is 0.930. The van der Waals surface area contributed by atoms with Gasteiger partial charge in [-0.25, -0.2) is 0 Å². The Kier molecular flexibility index (Phi) is 588. The van der Waals surface area contributed by atoms with Crippen LogP contribution in [0.4, 0.5) is 0 Å². The molecule has 0 aromatic rings. The molecular weight excluding hydrogens is 279 g/mol. The van der Waals surface area contributed by atoms with E-state index in [1.165, 1.54) is 0 Å². The van der Waals surface area contributed by atoms with Crippen molar-refractivity contribution in [1.29, 1.82) is 0 Å². The Morgan fingerprint density at radius 1 is 0.733 bits per heavy atom. The maximum atomic E-state index is 9.11. The molecule has 0 aromatic heterocycles. The molecule has 0 aliphatic rings. The van der Waals surface area contributed by atoms with E-state index in [1.807, 2.05) is 0 Å². The van der Waals surface area contributed by atoms with Gasteiger partial charge in [0.15, 0.2) is 0 Å². The minimum atomic E-state index is -3.83. The molecule has 106 valence electrons.